The standard InChI is InChI=1S/C8H7O4P/c1-6(9)13(10)11-7-4-2-3-5-8(7)12-13/h2-5H,1H3. The number of carbonyl (C=O) groups excluding carboxylic acids is 1. The number of carbonyl (C=O) groups is 1. The minimum absolute atomic E-state index is 0.362. The van der Waals surface area contributed by atoms with Gasteiger partial charge >= 0.3 is 7.60 Å². The highest BCUT2D eigenvalue weighted by atomic mass is 31.2. The van der Waals surface area contributed by atoms with Gasteiger partial charge in [0.2, 0.25) is 0 Å². The number of hydrogen-bond acceptors (Lipinski definition) is 4. The minimum Gasteiger partial charge on any atom is -0.407 e. The molecule has 0 saturated heterocycles. The van der Waals surface area contributed by atoms with Gasteiger partial charge in [0.1, 0.15) is 0 Å². The third-order valence-electron chi connectivity index (χ3n) is 1.67. The summed E-state index contributed by atoms with van der Waals surface area (Å²) in [5.41, 5.74) is -0.580. The molecule has 5 heteroatoms. The van der Waals surface area contributed by atoms with Crippen LogP contribution in [0.2, 0.25) is 0 Å². The van der Waals surface area contributed by atoms with E-state index in [1.807, 2.05) is 0 Å². The van der Waals surface area contributed by atoms with Crippen LogP contribution in [0.5, 0.6) is 11.5 Å². The molecule has 1 aromatic rings. The SMILES string of the molecule is CC(=O)P1(=O)Oc2ccccc2O1. The van der Waals surface area contributed by atoms with Gasteiger partial charge in [0.25, 0.3) is 5.52 Å². The summed E-state index contributed by atoms with van der Waals surface area (Å²) in [5, 5.41) is 0. The number of rotatable bonds is 1. The van der Waals surface area contributed by atoms with Crippen LogP contribution >= 0.6 is 7.60 Å². The number of hydrogen-bond donors (Lipinski definition) is 0. The molecular weight excluding hydrogens is 191 g/mol. The summed E-state index contributed by atoms with van der Waals surface area (Å²) >= 11 is 0. The molecule has 1 heterocycles. The number of benzene rings is 1. The first-order chi connectivity index (χ1) is 6.12. The Kier molecular flexibility index (Phi) is 1.67. The summed E-state index contributed by atoms with van der Waals surface area (Å²) in [6.07, 6.45) is 0. The van der Waals surface area contributed by atoms with Gasteiger partial charge in [-0.2, -0.15) is 0 Å². The van der Waals surface area contributed by atoms with Gasteiger partial charge in [-0.1, -0.05) is 12.1 Å². The van der Waals surface area contributed by atoms with Crippen molar-refractivity contribution in [2.75, 3.05) is 0 Å². The van der Waals surface area contributed by atoms with Crippen LogP contribution in [0, 0.1) is 0 Å². The molecule has 68 valence electrons. The molecule has 0 spiro atoms. The molecule has 0 unspecified atom stereocenters. The normalized spacial score (nSPS) is 17.0. The molecule has 0 radical (unpaired) electrons. The molecular formula is C8H7O4P. The third kappa shape index (κ3) is 1.23. The Hall–Kier alpha value is -1.28. The van der Waals surface area contributed by atoms with Gasteiger partial charge in [-0.15, -0.1) is 0 Å². The molecule has 1 aliphatic rings. The van der Waals surface area contributed by atoms with Crippen LogP contribution < -0.4 is 9.05 Å². The Bertz CT molecular complexity index is 383. The van der Waals surface area contributed by atoms with Gasteiger partial charge in [-0.25, -0.2) is 4.57 Å². The van der Waals surface area contributed by atoms with Crippen molar-refractivity contribution in [3.05, 3.63) is 24.3 Å². The molecule has 0 atom stereocenters. The Labute approximate surface area is 75.0 Å². The summed E-state index contributed by atoms with van der Waals surface area (Å²) in [7, 11) is -3.56. The summed E-state index contributed by atoms with van der Waals surface area (Å²) in [6, 6.07) is 6.66. The van der Waals surface area contributed by atoms with Crippen molar-refractivity contribution >= 4 is 13.1 Å². The maximum atomic E-state index is 11.6. The summed E-state index contributed by atoms with van der Waals surface area (Å²) in [6.45, 7) is 1.19. The van der Waals surface area contributed by atoms with Gasteiger partial charge < -0.3 is 9.05 Å². The Morgan fingerprint density at radius 2 is 1.69 bits per heavy atom. The van der Waals surface area contributed by atoms with E-state index in [-0.39, 0.29) is 0 Å². The lowest BCUT2D eigenvalue weighted by molar-refractivity contribution is -0.111. The molecule has 0 fully saturated rings. The summed E-state index contributed by atoms with van der Waals surface area (Å²) in [4.78, 5) is 10.9. The molecule has 0 bridgehead atoms. The van der Waals surface area contributed by atoms with Gasteiger partial charge in [-0.05, 0) is 12.1 Å². The molecule has 0 aromatic heterocycles. The molecule has 1 aromatic carbocycles. The second-order valence-electron chi connectivity index (χ2n) is 2.65. The fourth-order valence-electron chi connectivity index (χ4n) is 1.01. The molecule has 4 nitrogen and oxygen atoms in total. The molecule has 13 heavy (non-hydrogen) atoms. The van der Waals surface area contributed by atoms with Crippen LogP contribution in [0.4, 0.5) is 0 Å². The van der Waals surface area contributed by atoms with Crippen LogP contribution in [0.3, 0.4) is 0 Å². The van der Waals surface area contributed by atoms with Crippen molar-refractivity contribution in [3.8, 4) is 11.5 Å². The Morgan fingerprint density at radius 3 is 2.08 bits per heavy atom. The lowest BCUT2D eigenvalue weighted by Crippen LogP contribution is -2.00. The zero-order chi connectivity index (χ0) is 9.47. The fraction of sp³-hybridized carbons (Fsp3) is 0.125. The largest absolute Gasteiger partial charge is 0.498 e. The average molecular weight is 198 g/mol. The van der Waals surface area contributed by atoms with Gasteiger partial charge in [-0.3, -0.25) is 4.79 Å². The van der Waals surface area contributed by atoms with Crippen LogP contribution in [-0.2, 0) is 9.36 Å². The van der Waals surface area contributed by atoms with Gasteiger partial charge in [0.05, 0.1) is 0 Å². The second kappa shape index (κ2) is 2.60. The van der Waals surface area contributed by atoms with Crippen LogP contribution in [-0.4, -0.2) is 5.52 Å². The van der Waals surface area contributed by atoms with E-state index in [0.717, 1.165) is 0 Å². The van der Waals surface area contributed by atoms with Crippen molar-refractivity contribution in [3.63, 3.8) is 0 Å². The van der Waals surface area contributed by atoms with Crippen molar-refractivity contribution in [1.29, 1.82) is 0 Å². The van der Waals surface area contributed by atoms with Crippen molar-refractivity contribution in [2.45, 2.75) is 6.92 Å². The number of fused-ring (bicyclic) bond motifs is 1. The zero-order valence-electron chi connectivity index (χ0n) is 6.89. The second-order valence-corrected chi connectivity index (χ2v) is 4.64. The van der Waals surface area contributed by atoms with Crippen LogP contribution in [0.25, 0.3) is 0 Å². The maximum absolute atomic E-state index is 11.6. The summed E-state index contributed by atoms with van der Waals surface area (Å²) < 4.78 is 21.5. The molecule has 0 N–H and O–H groups in total. The molecule has 2 rings (SSSR count). The van der Waals surface area contributed by atoms with E-state index < -0.39 is 13.1 Å². The van der Waals surface area contributed by atoms with E-state index >= 15 is 0 Å². The number of para-hydroxylation sites is 2. The Balaban J connectivity index is 2.43. The summed E-state index contributed by atoms with van der Waals surface area (Å²) in [5.74, 6) is 0.724. The maximum Gasteiger partial charge on any atom is 0.498 e. The van der Waals surface area contributed by atoms with Crippen LogP contribution in [0.1, 0.15) is 6.92 Å². The van der Waals surface area contributed by atoms with Gasteiger partial charge in [0.15, 0.2) is 11.5 Å². The first-order valence-corrected chi connectivity index (χ1v) is 5.25. The third-order valence-corrected chi connectivity index (χ3v) is 3.32. The molecule has 0 saturated carbocycles. The van der Waals surface area contributed by atoms with E-state index in [4.69, 9.17) is 9.05 Å². The molecule has 0 amide bonds. The van der Waals surface area contributed by atoms with E-state index in [1.54, 1.807) is 24.3 Å². The van der Waals surface area contributed by atoms with Gasteiger partial charge in [0, 0.05) is 6.92 Å². The fourth-order valence-corrected chi connectivity index (χ4v) is 2.12. The van der Waals surface area contributed by atoms with Crippen molar-refractivity contribution in [1.82, 2.24) is 0 Å². The predicted molar refractivity (Wildman–Crippen MR) is 46.0 cm³/mol. The average Bonchev–Trinajstić information content (AvgIpc) is 2.42. The lowest BCUT2D eigenvalue weighted by atomic mass is 10.3. The minimum atomic E-state index is -3.56. The smallest absolute Gasteiger partial charge is 0.407 e. The van der Waals surface area contributed by atoms with E-state index in [0.29, 0.717) is 11.5 Å². The molecule has 1 aliphatic heterocycles. The topological polar surface area (TPSA) is 52.6 Å². The highest BCUT2D eigenvalue weighted by Crippen LogP contribution is 2.58. The highest BCUT2D eigenvalue weighted by Gasteiger charge is 2.41. The Morgan fingerprint density at radius 1 is 1.23 bits per heavy atom. The molecule has 0 aliphatic carbocycles. The quantitative estimate of drug-likeness (QED) is 0.649. The van der Waals surface area contributed by atoms with Crippen molar-refractivity contribution in [2.24, 2.45) is 0 Å². The first kappa shape index (κ1) is 8.32. The van der Waals surface area contributed by atoms with E-state index in [2.05, 4.69) is 0 Å². The van der Waals surface area contributed by atoms with E-state index in [9.17, 15) is 9.36 Å². The van der Waals surface area contributed by atoms with Crippen molar-refractivity contribution < 1.29 is 18.4 Å². The lowest BCUT2D eigenvalue weighted by Gasteiger charge is -2.03. The van der Waals surface area contributed by atoms with E-state index in [1.165, 1.54) is 6.92 Å². The zero-order valence-corrected chi connectivity index (χ0v) is 7.78. The first-order valence-electron chi connectivity index (χ1n) is 3.71. The highest BCUT2D eigenvalue weighted by molar-refractivity contribution is 7.72. The monoisotopic (exact) mass is 198 g/mol. The van der Waals surface area contributed by atoms with Crippen LogP contribution in [0.15, 0.2) is 24.3 Å². The predicted octanol–water partition coefficient (Wildman–Crippen LogP) is 2.20.